The molecule has 0 saturated heterocycles. The van der Waals surface area contributed by atoms with E-state index in [1.165, 1.54) is 38.2 Å². The number of carbonyl (C=O) groups excluding carboxylic acids is 2. The monoisotopic (exact) mass is 360 g/mol. The summed E-state index contributed by atoms with van der Waals surface area (Å²) < 4.78 is 0. The van der Waals surface area contributed by atoms with Gasteiger partial charge in [0, 0.05) is 24.2 Å². The molecule has 5 heteroatoms. The molecule has 0 bridgehead atoms. The molecular weight excluding hydrogens is 328 g/mol. The molecule has 0 spiro atoms. The van der Waals surface area contributed by atoms with Gasteiger partial charge in [-0.2, -0.15) is 0 Å². The van der Waals surface area contributed by atoms with Crippen molar-refractivity contribution in [3.8, 4) is 0 Å². The Bertz CT molecular complexity index is 704. The maximum atomic E-state index is 12.3. The zero-order valence-electron chi connectivity index (χ0n) is 16.4. The van der Waals surface area contributed by atoms with Crippen LogP contribution < -0.4 is 10.9 Å². The van der Waals surface area contributed by atoms with E-state index in [1.54, 1.807) is 0 Å². The first-order valence-electron chi connectivity index (χ1n) is 9.91. The van der Waals surface area contributed by atoms with Gasteiger partial charge in [0.1, 0.15) is 5.56 Å². The third-order valence-corrected chi connectivity index (χ3v) is 5.03. The van der Waals surface area contributed by atoms with Crippen molar-refractivity contribution >= 4 is 11.7 Å². The van der Waals surface area contributed by atoms with E-state index in [9.17, 15) is 14.4 Å². The summed E-state index contributed by atoms with van der Waals surface area (Å²) in [5.74, 6) is -0.397. The first kappa shape index (κ1) is 20.4. The van der Waals surface area contributed by atoms with Crippen molar-refractivity contribution in [3.05, 3.63) is 33.2 Å². The summed E-state index contributed by atoms with van der Waals surface area (Å²) in [7, 11) is 0. The van der Waals surface area contributed by atoms with Crippen LogP contribution in [-0.2, 0) is 6.42 Å². The summed E-state index contributed by atoms with van der Waals surface area (Å²) in [5.41, 5.74) is 0.615. The number of Topliss-reactive ketones (excluding diaryl/α,β-unsaturated/α-hetero) is 1. The fourth-order valence-corrected chi connectivity index (χ4v) is 3.58. The molecule has 0 radical (unpaired) electrons. The van der Waals surface area contributed by atoms with Gasteiger partial charge in [0.15, 0.2) is 5.78 Å². The van der Waals surface area contributed by atoms with Crippen molar-refractivity contribution in [2.75, 3.05) is 6.54 Å². The average Bonchev–Trinajstić information content (AvgIpc) is 2.55. The number of fused-ring (bicyclic) bond motifs is 1. The Morgan fingerprint density at radius 3 is 2.42 bits per heavy atom. The number of ketones is 1. The van der Waals surface area contributed by atoms with Crippen LogP contribution in [0.25, 0.3) is 0 Å². The number of hydrogen-bond donors (Lipinski definition) is 2. The van der Waals surface area contributed by atoms with Gasteiger partial charge in [0.25, 0.3) is 11.5 Å². The van der Waals surface area contributed by atoms with Crippen molar-refractivity contribution < 1.29 is 9.59 Å². The molecule has 1 aliphatic carbocycles. The highest BCUT2D eigenvalue weighted by molar-refractivity contribution is 6.02. The highest BCUT2D eigenvalue weighted by Gasteiger charge is 2.32. The van der Waals surface area contributed by atoms with Gasteiger partial charge in [0.05, 0.1) is 0 Å². The Kier molecular flexibility index (Phi) is 7.18. The second-order valence-corrected chi connectivity index (χ2v) is 8.22. The van der Waals surface area contributed by atoms with Crippen LogP contribution in [0.5, 0.6) is 0 Å². The second-order valence-electron chi connectivity index (χ2n) is 8.22. The summed E-state index contributed by atoms with van der Waals surface area (Å²) >= 11 is 0. The minimum Gasteiger partial charge on any atom is -0.352 e. The van der Waals surface area contributed by atoms with Gasteiger partial charge in [-0.25, -0.2) is 0 Å². The Balaban J connectivity index is 1.89. The van der Waals surface area contributed by atoms with Crippen LogP contribution in [0.4, 0.5) is 0 Å². The summed E-state index contributed by atoms with van der Waals surface area (Å²) in [5, 5.41) is 2.81. The molecule has 0 aromatic carbocycles. The predicted octanol–water partition coefficient (Wildman–Crippen LogP) is 4.01. The van der Waals surface area contributed by atoms with Gasteiger partial charge in [0.2, 0.25) is 0 Å². The fourth-order valence-electron chi connectivity index (χ4n) is 3.58. The number of amides is 1. The minimum absolute atomic E-state index is 0.00590. The van der Waals surface area contributed by atoms with Crippen LogP contribution >= 0.6 is 0 Å². The fraction of sp³-hybridized carbons (Fsp3) is 0.667. The lowest BCUT2D eigenvalue weighted by Crippen LogP contribution is -2.35. The highest BCUT2D eigenvalue weighted by atomic mass is 16.2. The van der Waals surface area contributed by atoms with Crippen LogP contribution in [0, 0.1) is 5.41 Å². The van der Waals surface area contributed by atoms with Gasteiger partial charge in [-0.15, -0.1) is 0 Å². The van der Waals surface area contributed by atoms with Gasteiger partial charge < -0.3 is 10.3 Å². The molecule has 26 heavy (non-hydrogen) atoms. The molecule has 0 saturated carbocycles. The first-order chi connectivity index (χ1) is 12.3. The van der Waals surface area contributed by atoms with Crippen LogP contribution in [0.3, 0.4) is 0 Å². The van der Waals surface area contributed by atoms with E-state index in [0.29, 0.717) is 30.6 Å². The largest absolute Gasteiger partial charge is 0.352 e. The molecule has 1 heterocycles. The molecule has 0 aliphatic heterocycles. The molecule has 1 amide bonds. The minimum atomic E-state index is -0.411. The highest BCUT2D eigenvalue weighted by Crippen LogP contribution is 2.33. The lowest BCUT2D eigenvalue weighted by Gasteiger charge is -2.29. The zero-order chi connectivity index (χ0) is 19.2. The molecule has 1 aliphatic rings. The summed E-state index contributed by atoms with van der Waals surface area (Å²) in [6, 6.07) is 1.48. The standard InChI is InChI=1S/C21H32N2O3/c1-4-5-6-7-8-9-10-11-22-19(25)16-12-15-17(23-20(16)26)13-21(2,3)14-18(15)24/h12H,4-11,13-14H2,1-3H3,(H,22,25)(H,23,26). The van der Waals surface area contributed by atoms with Gasteiger partial charge >= 0.3 is 0 Å². The normalized spacial score (nSPS) is 15.6. The number of aromatic amines is 1. The van der Waals surface area contributed by atoms with Crippen molar-refractivity contribution in [2.24, 2.45) is 5.41 Å². The van der Waals surface area contributed by atoms with E-state index in [2.05, 4.69) is 17.2 Å². The molecule has 2 rings (SSSR count). The molecule has 1 aromatic heterocycles. The Morgan fingerprint density at radius 1 is 1.08 bits per heavy atom. The number of aromatic nitrogens is 1. The van der Waals surface area contributed by atoms with E-state index >= 15 is 0 Å². The summed E-state index contributed by atoms with van der Waals surface area (Å²) in [4.78, 5) is 39.7. The Morgan fingerprint density at radius 2 is 1.73 bits per heavy atom. The molecule has 0 atom stereocenters. The number of rotatable bonds is 9. The topological polar surface area (TPSA) is 79.0 Å². The van der Waals surface area contributed by atoms with E-state index in [1.807, 2.05) is 13.8 Å². The lowest BCUT2D eigenvalue weighted by molar-refractivity contribution is 0.0910. The van der Waals surface area contributed by atoms with E-state index in [4.69, 9.17) is 0 Å². The number of H-pyrrole nitrogens is 1. The molecule has 1 aromatic rings. The van der Waals surface area contributed by atoms with Crippen molar-refractivity contribution in [3.63, 3.8) is 0 Å². The summed E-state index contributed by atoms with van der Waals surface area (Å²) in [6.07, 6.45) is 9.29. The smallest absolute Gasteiger partial charge is 0.261 e. The Labute approximate surface area is 156 Å². The molecule has 144 valence electrons. The quantitative estimate of drug-likeness (QED) is 0.653. The van der Waals surface area contributed by atoms with Gasteiger partial charge in [-0.05, 0) is 24.3 Å². The van der Waals surface area contributed by atoms with Crippen molar-refractivity contribution in [2.45, 2.75) is 78.6 Å². The molecule has 5 nitrogen and oxygen atoms in total. The number of carbonyl (C=O) groups is 2. The molecule has 2 N–H and O–H groups in total. The number of hydrogen-bond acceptors (Lipinski definition) is 3. The first-order valence-corrected chi connectivity index (χ1v) is 9.91. The molecule has 0 unspecified atom stereocenters. The lowest BCUT2D eigenvalue weighted by atomic mass is 9.75. The zero-order valence-corrected chi connectivity index (χ0v) is 16.4. The number of unbranched alkanes of at least 4 members (excludes halogenated alkanes) is 6. The predicted molar refractivity (Wildman–Crippen MR) is 104 cm³/mol. The SMILES string of the molecule is CCCCCCCCCNC(=O)c1cc2c([nH]c1=O)CC(C)(C)CC2=O. The second kappa shape index (κ2) is 9.15. The van der Waals surface area contributed by atoms with Crippen LogP contribution in [-0.4, -0.2) is 23.2 Å². The average molecular weight is 360 g/mol. The number of nitrogens with one attached hydrogen (secondary N) is 2. The van der Waals surface area contributed by atoms with Gasteiger partial charge in [-0.1, -0.05) is 59.3 Å². The molecule has 0 fully saturated rings. The summed E-state index contributed by atoms with van der Waals surface area (Å²) in [6.45, 7) is 6.78. The van der Waals surface area contributed by atoms with Crippen LogP contribution in [0.2, 0.25) is 0 Å². The van der Waals surface area contributed by atoms with E-state index < -0.39 is 11.5 Å². The van der Waals surface area contributed by atoms with E-state index in [0.717, 1.165) is 12.8 Å². The Hall–Kier alpha value is -1.91. The van der Waals surface area contributed by atoms with Crippen LogP contribution in [0.1, 0.15) is 98.5 Å². The molecular formula is C21H32N2O3. The van der Waals surface area contributed by atoms with Crippen LogP contribution in [0.15, 0.2) is 10.9 Å². The van der Waals surface area contributed by atoms with Gasteiger partial charge in [-0.3, -0.25) is 14.4 Å². The van der Waals surface area contributed by atoms with Crippen molar-refractivity contribution in [1.82, 2.24) is 10.3 Å². The maximum Gasteiger partial charge on any atom is 0.261 e. The maximum absolute atomic E-state index is 12.3. The number of pyridine rings is 1. The van der Waals surface area contributed by atoms with E-state index in [-0.39, 0.29) is 16.8 Å². The third kappa shape index (κ3) is 5.55. The third-order valence-electron chi connectivity index (χ3n) is 5.03. The van der Waals surface area contributed by atoms with Crippen molar-refractivity contribution in [1.29, 1.82) is 0 Å².